The molecule has 0 saturated carbocycles. The van der Waals surface area contributed by atoms with Crippen LogP contribution in [0.15, 0.2) is 29.2 Å². The summed E-state index contributed by atoms with van der Waals surface area (Å²) in [4.78, 5) is 8.51. The van der Waals surface area contributed by atoms with Crippen LogP contribution in [0.25, 0.3) is 0 Å². The van der Waals surface area contributed by atoms with E-state index >= 15 is 0 Å². The Morgan fingerprint density at radius 3 is 2.93 bits per heavy atom. The molecule has 0 spiro atoms. The zero-order valence-corrected chi connectivity index (χ0v) is 9.58. The van der Waals surface area contributed by atoms with E-state index in [0.29, 0.717) is 0 Å². The Hall–Kier alpha value is -1.42. The molecule has 0 radical (unpaired) electrons. The first-order chi connectivity index (χ1) is 7.27. The number of hydrogen-bond acceptors (Lipinski definition) is 4. The number of hydrogen-bond donors (Lipinski definition) is 1. The van der Waals surface area contributed by atoms with E-state index in [0.717, 1.165) is 17.1 Å². The number of thiazole rings is 1. The molecule has 0 aliphatic heterocycles. The van der Waals surface area contributed by atoms with E-state index in [1.807, 2.05) is 24.6 Å². The number of aromatic nitrogens is 2. The van der Waals surface area contributed by atoms with Gasteiger partial charge in [-0.3, -0.25) is 4.98 Å². The summed E-state index contributed by atoms with van der Waals surface area (Å²) in [7, 11) is 0. The maximum atomic E-state index is 4.28. The summed E-state index contributed by atoms with van der Waals surface area (Å²) in [6.45, 7) is 4.09. The van der Waals surface area contributed by atoms with Gasteiger partial charge in [-0.2, -0.15) is 0 Å². The molecule has 78 valence electrons. The van der Waals surface area contributed by atoms with E-state index in [-0.39, 0.29) is 6.04 Å². The SMILES string of the molecule is Cc1ncccc1NC(C)c1cscn1. The maximum absolute atomic E-state index is 4.28. The fraction of sp³-hybridized carbons (Fsp3) is 0.273. The number of anilines is 1. The van der Waals surface area contributed by atoms with E-state index in [9.17, 15) is 0 Å². The Labute approximate surface area is 93.2 Å². The number of pyridine rings is 1. The van der Waals surface area contributed by atoms with Crippen LogP contribution in [0.4, 0.5) is 5.69 Å². The lowest BCUT2D eigenvalue weighted by Gasteiger charge is -2.14. The lowest BCUT2D eigenvalue weighted by molar-refractivity contribution is 0.846. The highest BCUT2D eigenvalue weighted by Gasteiger charge is 2.08. The van der Waals surface area contributed by atoms with Crippen molar-refractivity contribution < 1.29 is 0 Å². The van der Waals surface area contributed by atoms with E-state index in [4.69, 9.17) is 0 Å². The van der Waals surface area contributed by atoms with Crippen LogP contribution >= 0.6 is 11.3 Å². The zero-order chi connectivity index (χ0) is 10.7. The van der Waals surface area contributed by atoms with Crippen molar-refractivity contribution in [2.24, 2.45) is 0 Å². The summed E-state index contributed by atoms with van der Waals surface area (Å²) in [5.41, 5.74) is 5.00. The average molecular weight is 219 g/mol. The molecule has 1 unspecified atom stereocenters. The summed E-state index contributed by atoms with van der Waals surface area (Å²) in [5.74, 6) is 0. The van der Waals surface area contributed by atoms with Gasteiger partial charge in [0.25, 0.3) is 0 Å². The van der Waals surface area contributed by atoms with Gasteiger partial charge >= 0.3 is 0 Å². The maximum Gasteiger partial charge on any atom is 0.0795 e. The third-order valence-corrected chi connectivity index (χ3v) is 2.88. The second-order valence-corrected chi connectivity index (χ2v) is 4.13. The van der Waals surface area contributed by atoms with Gasteiger partial charge in [0.1, 0.15) is 0 Å². The summed E-state index contributed by atoms with van der Waals surface area (Å²) in [5, 5.41) is 5.45. The van der Waals surface area contributed by atoms with Gasteiger partial charge in [0.2, 0.25) is 0 Å². The van der Waals surface area contributed by atoms with Gasteiger partial charge in [0, 0.05) is 11.6 Å². The molecule has 0 amide bonds. The molecular formula is C11H13N3S. The molecule has 1 atom stereocenters. The molecular weight excluding hydrogens is 206 g/mol. The quantitative estimate of drug-likeness (QED) is 0.862. The standard InChI is InChI=1S/C11H13N3S/c1-8-10(4-3-5-12-8)14-9(2)11-6-15-7-13-11/h3-7,9,14H,1-2H3. The van der Waals surface area contributed by atoms with E-state index in [1.54, 1.807) is 17.5 Å². The highest BCUT2D eigenvalue weighted by atomic mass is 32.1. The van der Waals surface area contributed by atoms with Crippen LogP contribution in [0.1, 0.15) is 24.4 Å². The van der Waals surface area contributed by atoms with Crippen LogP contribution in [-0.4, -0.2) is 9.97 Å². The third kappa shape index (κ3) is 2.33. The van der Waals surface area contributed by atoms with Crippen LogP contribution in [-0.2, 0) is 0 Å². The molecule has 0 aliphatic carbocycles. The minimum atomic E-state index is 0.221. The molecule has 0 bridgehead atoms. The molecule has 2 aromatic heterocycles. The first kappa shape index (κ1) is 10.1. The molecule has 0 fully saturated rings. The van der Waals surface area contributed by atoms with Crippen molar-refractivity contribution in [1.82, 2.24) is 9.97 Å². The lowest BCUT2D eigenvalue weighted by Crippen LogP contribution is -2.08. The first-order valence-corrected chi connectivity index (χ1v) is 5.78. The normalized spacial score (nSPS) is 12.4. The Balaban J connectivity index is 2.13. The van der Waals surface area contributed by atoms with E-state index in [2.05, 4.69) is 27.6 Å². The second-order valence-electron chi connectivity index (χ2n) is 3.42. The van der Waals surface area contributed by atoms with Crippen molar-refractivity contribution >= 4 is 17.0 Å². The Morgan fingerprint density at radius 2 is 2.27 bits per heavy atom. The van der Waals surface area contributed by atoms with Crippen molar-refractivity contribution in [3.8, 4) is 0 Å². The Bertz CT molecular complexity index is 425. The average Bonchev–Trinajstić information content (AvgIpc) is 2.74. The van der Waals surface area contributed by atoms with Crippen LogP contribution < -0.4 is 5.32 Å². The largest absolute Gasteiger partial charge is 0.375 e. The minimum absolute atomic E-state index is 0.221. The zero-order valence-electron chi connectivity index (χ0n) is 8.77. The number of nitrogens with zero attached hydrogens (tertiary/aromatic N) is 2. The highest BCUT2D eigenvalue weighted by molar-refractivity contribution is 7.07. The highest BCUT2D eigenvalue weighted by Crippen LogP contribution is 2.20. The summed E-state index contributed by atoms with van der Waals surface area (Å²) < 4.78 is 0. The number of nitrogens with one attached hydrogen (secondary N) is 1. The van der Waals surface area contributed by atoms with Gasteiger partial charge in [0.15, 0.2) is 0 Å². The molecule has 2 rings (SSSR count). The second kappa shape index (κ2) is 4.40. The first-order valence-electron chi connectivity index (χ1n) is 4.83. The summed E-state index contributed by atoms with van der Waals surface area (Å²) >= 11 is 1.62. The third-order valence-electron chi connectivity index (χ3n) is 2.27. The fourth-order valence-corrected chi connectivity index (χ4v) is 2.03. The van der Waals surface area contributed by atoms with E-state index < -0.39 is 0 Å². The van der Waals surface area contributed by atoms with Gasteiger partial charge in [-0.15, -0.1) is 11.3 Å². The van der Waals surface area contributed by atoms with E-state index in [1.165, 1.54) is 0 Å². The molecule has 0 aromatic carbocycles. The molecule has 4 heteroatoms. The lowest BCUT2D eigenvalue weighted by atomic mass is 10.2. The van der Waals surface area contributed by atoms with Crippen molar-refractivity contribution in [1.29, 1.82) is 0 Å². The molecule has 2 heterocycles. The van der Waals surface area contributed by atoms with Crippen LogP contribution in [0.3, 0.4) is 0 Å². The van der Waals surface area contributed by atoms with Crippen LogP contribution in [0, 0.1) is 6.92 Å². The number of rotatable bonds is 3. The topological polar surface area (TPSA) is 37.8 Å². The fourth-order valence-electron chi connectivity index (χ4n) is 1.38. The van der Waals surface area contributed by atoms with Gasteiger partial charge in [-0.25, -0.2) is 4.98 Å². The van der Waals surface area contributed by atoms with Gasteiger partial charge in [0.05, 0.1) is 28.6 Å². The molecule has 1 N–H and O–H groups in total. The summed E-state index contributed by atoms with van der Waals surface area (Å²) in [6, 6.07) is 4.19. The molecule has 2 aromatic rings. The smallest absolute Gasteiger partial charge is 0.0795 e. The minimum Gasteiger partial charge on any atom is -0.375 e. The molecule has 0 saturated heterocycles. The predicted molar refractivity (Wildman–Crippen MR) is 63.1 cm³/mol. The Morgan fingerprint density at radius 1 is 1.40 bits per heavy atom. The number of aryl methyl sites for hydroxylation is 1. The predicted octanol–water partition coefficient (Wildman–Crippen LogP) is 3.02. The monoisotopic (exact) mass is 219 g/mol. The van der Waals surface area contributed by atoms with Crippen molar-refractivity contribution in [3.05, 3.63) is 40.6 Å². The molecule has 15 heavy (non-hydrogen) atoms. The summed E-state index contributed by atoms with van der Waals surface area (Å²) in [6.07, 6.45) is 1.80. The molecule has 0 aliphatic rings. The van der Waals surface area contributed by atoms with Crippen LogP contribution in [0.2, 0.25) is 0 Å². The molecule has 3 nitrogen and oxygen atoms in total. The van der Waals surface area contributed by atoms with Gasteiger partial charge < -0.3 is 5.32 Å². The van der Waals surface area contributed by atoms with Gasteiger partial charge in [-0.05, 0) is 26.0 Å². The van der Waals surface area contributed by atoms with Gasteiger partial charge in [-0.1, -0.05) is 0 Å². The Kier molecular flexibility index (Phi) is 2.97. The van der Waals surface area contributed by atoms with Crippen molar-refractivity contribution in [2.45, 2.75) is 19.9 Å². The van der Waals surface area contributed by atoms with Crippen molar-refractivity contribution in [2.75, 3.05) is 5.32 Å². The van der Waals surface area contributed by atoms with Crippen molar-refractivity contribution in [3.63, 3.8) is 0 Å². The van der Waals surface area contributed by atoms with Crippen LogP contribution in [0.5, 0.6) is 0 Å².